The number of rotatable bonds is 3. The Morgan fingerprint density at radius 3 is 2.56 bits per heavy atom. The second-order valence-corrected chi connectivity index (χ2v) is 5.94. The number of hydrogen-bond acceptors (Lipinski definition) is 2. The molecule has 0 aliphatic carbocycles. The van der Waals surface area contributed by atoms with Gasteiger partial charge >= 0.3 is 0 Å². The van der Waals surface area contributed by atoms with Crippen LogP contribution in [-0.4, -0.2) is 30.1 Å². The predicted molar refractivity (Wildman–Crippen MR) is 79.5 cm³/mol. The first-order valence-electron chi connectivity index (χ1n) is 6.83. The van der Waals surface area contributed by atoms with Crippen LogP contribution in [0.4, 0.5) is 5.69 Å². The lowest BCUT2D eigenvalue weighted by molar-refractivity contribution is 0.177. The molecule has 0 bridgehead atoms. The van der Waals surface area contributed by atoms with Crippen LogP contribution in [0.25, 0.3) is 0 Å². The maximum absolute atomic E-state index is 6.05. The molecule has 100 valence electrons. The SMILES string of the molecule is Cc1ccc(Cl)cc1NC1CCN(C(C)C)CC1. The fourth-order valence-electron chi connectivity index (χ4n) is 2.53. The molecule has 1 aromatic carbocycles. The Morgan fingerprint density at radius 2 is 1.94 bits per heavy atom. The fraction of sp³-hybridized carbons (Fsp3) is 0.600. The smallest absolute Gasteiger partial charge is 0.0426 e. The van der Waals surface area contributed by atoms with Crippen LogP contribution < -0.4 is 5.32 Å². The van der Waals surface area contributed by atoms with Crippen molar-refractivity contribution in [3.05, 3.63) is 28.8 Å². The molecule has 1 N–H and O–H groups in total. The van der Waals surface area contributed by atoms with Crippen LogP contribution in [0.3, 0.4) is 0 Å². The number of hydrogen-bond donors (Lipinski definition) is 1. The van der Waals surface area contributed by atoms with Gasteiger partial charge in [0.25, 0.3) is 0 Å². The molecule has 0 spiro atoms. The van der Waals surface area contributed by atoms with Gasteiger partial charge in [0.05, 0.1) is 0 Å². The fourth-order valence-corrected chi connectivity index (χ4v) is 2.70. The molecule has 1 fully saturated rings. The van der Waals surface area contributed by atoms with Crippen molar-refractivity contribution in [2.75, 3.05) is 18.4 Å². The van der Waals surface area contributed by atoms with Crippen molar-refractivity contribution in [2.45, 2.75) is 45.7 Å². The van der Waals surface area contributed by atoms with Gasteiger partial charge in [-0.25, -0.2) is 0 Å². The van der Waals surface area contributed by atoms with Crippen LogP contribution in [0, 0.1) is 6.92 Å². The number of benzene rings is 1. The summed E-state index contributed by atoms with van der Waals surface area (Å²) in [5.41, 5.74) is 2.45. The van der Waals surface area contributed by atoms with Crippen LogP contribution in [-0.2, 0) is 0 Å². The number of aryl methyl sites for hydroxylation is 1. The molecule has 3 heteroatoms. The minimum Gasteiger partial charge on any atom is -0.382 e. The van der Waals surface area contributed by atoms with Crippen molar-refractivity contribution in [2.24, 2.45) is 0 Å². The molecule has 0 aromatic heterocycles. The summed E-state index contributed by atoms with van der Waals surface area (Å²) in [6.07, 6.45) is 2.42. The maximum Gasteiger partial charge on any atom is 0.0426 e. The van der Waals surface area contributed by atoms with E-state index in [0.29, 0.717) is 12.1 Å². The summed E-state index contributed by atoms with van der Waals surface area (Å²) in [4.78, 5) is 2.54. The van der Waals surface area contributed by atoms with E-state index in [4.69, 9.17) is 11.6 Å². The highest BCUT2D eigenvalue weighted by molar-refractivity contribution is 6.30. The van der Waals surface area contributed by atoms with E-state index in [1.807, 2.05) is 12.1 Å². The lowest BCUT2D eigenvalue weighted by Crippen LogP contribution is -2.42. The molecule has 18 heavy (non-hydrogen) atoms. The zero-order valence-electron chi connectivity index (χ0n) is 11.5. The topological polar surface area (TPSA) is 15.3 Å². The predicted octanol–water partition coefficient (Wildman–Crippen LogP) is 3.93. The van der Waals surface area contributed by atoms with Gasteiger partial charge in [-0.05, 0) is 51.3 Å². The second-order valence-electron chi connectivity index (χ2n) is 5.51. The van der Waals surface area contributed by atoms with Crippen molar-refractivity contribution in [1.29, 1.82) is 0 Å². The number of nitrogens with one attached hydrogen (secondary N) is 1. The van der Waals surface area contributed by atoms with Gasteiger partial charge in [0.15, 0.2) is 0 Å². The van der Waals surface area contributed by atoms with E-state index in [9.17, 15) is 0 Å². The van der Waals surface area contributed by atoms with Gasteiger partial charge in [0.1, 0.15) is 0 Å². The summed E-state index contributed by atoms with van der Waals surface area (Å²) in [6, 6.07) is 7.30. The highest BCUT2D eigenvalue weighted by Gasteiger charge is 2.20. The molecule has 2 nitrogen and oxygen atoms in total. The van der Waals surface area contributed by atoms with Gasteiger partial charge in [0.2, 0.25) is 0 Å². The van der Waals surface area contributed by atoms with Crippen molar-refractivity contribution < 1.29 is 0 Å². The highest BCUT2D eigenvalue weighted by atomic mass is 35.5. The molecule has 0 amide bonds. The van der Waals surface area contributed by atoms with Gasteiger partial charge in [-0.2, -0.15) is 0 Å². The van der Waals surface area contributed by atoms with E-state index >= 15 is 0 Å². The van der Waals surface area contributed by atoms with Gasteiger partial charge < -0.3 is 10.2 Å². The first-order chi connectivity index (χ1) is 8.56. The highest BCUT2D eigenvalue weighted by Crippen LogP contribution is 2.23. The molecular weight excluding hydrogens is 244 g/mol. The molecule has 0 radical (unpaired) electrons. The Bertz CT molecular complexity index is 395. The largest absolute Gasteiger partial charge is 0.382 e. The van der Waals surface area contributed by atoms with E-state index in [-0.39, 0.29) is 0 Å². The normalized spacial score (nSPS) is 18.3. The summed E-state index contributed by atoms with van der Waals surface area (Å²) in [6.45, 7) is 9.05. The molecule has 1 aliphatic heterocycles. The number of halogens is 1. The number of nitrogens with zero attached hydrogens (tertiary/aromatic N) is 1. The molecular formula is C15H23ClN2. The average Bonchev–Trinajstić information content (AvgIpc) is 2.34. The van der Waals surface area contributed by atoms with Gasteiger partial charge in [-0.1, -0.05) is 17.7 Å². The minimum absolute atomic E-state index is 0.581. The maximum atomic E-state index is 6.05. The zero-order chi connectivity index (χ0) is 13.1. The van der Waals surface area contributed by atoms with Gasteiger partial charge in [0, 0.05) is 35.9 Å². The molecule has 1 heterocycles. The number of piperidine rings is 1. The third-order valence-corrected chi connectivity index (χ3v) is 4.05. The first kappa shape index (κ1) is 13.7. The molecule has 0 unspecified atom stereocenters. The zero-order valence-corrected chi connectivity index (χ0v) is 12.3. The Hall–Kier alpha value is -0.730. The van der Waals surface area contributed by atoms with Crippen molar-refractivity contribution in [3.63, 3.8) is 0 Å². The van der Waals surface area contributed by atoms with E-state index in [1.54, 1.807) is 0 Å². The third-order valence-electron chi connectivity index (χ3n) is 3.82. The molecule has 1 aliphatic rings. The van der Waals surface area contributed by atoms with Gasteiger partial charge in [-0.3, -0.25) is 0 Å². The van der Waals surface area contributed by atoms with E-state index < -0.39 is 0 Å². The molecule has 0 atom stereocenters. The van der Waals surface area contributed by atoms with Crippen molar-refractivity contribution in [3.8, 4) is 0 Å². The van der Waals surface area contributed by atoms with Crippen LogP contribution in [0.15, 0.2) is 18.2 Å². The lowest BCUT2D eigenvalue weighted by atomic mass is 10.0. The molecule has 1 aromatic rings. The van der Waals surface area contributed by atoms with E-state index in [0.717, 1.165) is 5.02 Å². The second kappa shape index (κ2) is 5.94. The Morgan fingerprint density at radius 1 is 1.28 bits per heavy atom. The molecule has 1 saturated heterocycles. The average molecular weight is 267 g/mol. The molecule has 0 saturated carbocycles. The third kappa shape index (κ3) is 3.39. The summed E-state index contributed by atoms with van der Waals surface area (Å²) >= 11 is 6.05. The lowest BCUT2D eigenvalue weighted by Gasteiger charge is -2.35. The van der Waals surface area contributed by atoms with Crippen LogP contribution in [0.5, 0.6) is 0 Å². The van der Waals surface area contributed by atoms with E-state index in [2.05, 4.69) is 37.1 Å². The quantitative estimate of drug-likeness (QED) is 0.892. The van der Waals surface area contributed by atoms with E-state index in [1.165, 1.54) is 37.2 Å². The summed E-state index contributed by atoms with van der Waals surface area (Å²) < 4.78 is 0. The van der Waals surface area contributed by atoms with Crippen molar-refractivity contribution in [1.82, 2.24) is 4.90 Å². The van der Waals surface area contributed by atoms with Crippen LogP contribution in [0.1, 0.15) is 32.3 Å². The Balaban J connectivity index is 1.93. The monoisotopic (exact) mass is 266 g/mol. The van der Waals surface area contributed by atoms with Gasteiger partial charge in [-0.15, -0.1) is 0 Å². The standard InChI is InChI=1S/C15H23ClN2/c1-11(2)18-8-6-14(7-9-18)17-15-10-13(16)5-4-12(15)3/h4-5,10-11,14,17H,6-9H2,1-3H3. The first-order valence-corrected chi connectivity index (χ1v) is 7.21. The number of likely N-dealkylation sites (tertiary alicyclic amines) is 1. The Labute approximate surface area is 115 Å². The molecule has 2 rings (SSSR count). The minimum atomic E-state index is 0.581. The summed E-state index contributed by atoms with van der Waals surface area (Å²) in [7, 11) is 0. The number of anilines is 1. The van der Waals surface area contributed by atoms with Crippen LogP contribution in [0.2, 0.25) is 5.02 Å². The van der Waals surface area contributed by atoms with Crippen LogP contribution >= 0.6 is 11.6 Å². The van der Waals surface area contributed by atoms with Crippen molar-refractivity contribution >= 4 is 17.3 Å². The summed E-state index contributed by atoms with van der Waals surface area (Å²) in [5, 5.41) is 4.45. The Kier molecular flexibility index (Phi) is 4.52. The summed E-state index contributed by atoms with van der Waals surface area (Å²) in [5.74, 6) is 0.